The van der Waals surface area contributed by atoms with Crippen molar-refractivity contribution in [2.24, 2.45) is 0 Å². The Kier molecular flexibility index (Phi) is 5.69. The lowest BCUT2D eigenvalue weighted by Gasteiger charge is -2.31. The highest BCUT2D eigenvalue weighted by atomic mass is 35.5. The van der Waals surface area contributed by atoms with Crippen molar-refractivity contribution in [1.29, 1.82) is 0 Å². The van der Waals surface area contributed by atoms with Gasteiger partial charge in [-0.25, -0.2) is 4.79 Å². The molecule has 8 heteroatoms. The van der Waals surface area contributed by atoms with Crippen LogP contribution in [0.15, 0.2) is 42.6 Å². The number of benzene rings is 2. The number of hydrogen-bond acceptors (Lipinski definition) is 6. The quantitative estimate of drug-likeness (QED) is 0.597. The van der Waals surface area contributed by atoms with E-state index < -0.39 is 5.97 Å². The van der Waals surface area contributed by atoms with Crippen LogP contribution >= 0.6 is 23.4 Å². The van der Waals surface area contributed by atoms with Crippen LogP contribution in [-0.2, 0) is 0 Å². The van der Waals surface area contributed by atoms with E-state index in [2.05, 4.69) is 15.2 Å². The van der Waals surface area contributed by atoms with E-state index in [0.717, 1.165) is 46.9 Å². The second-order valence-corrected chi connectivity index (χ2v) is 8.28. The van der Waals surface area contributed by atoms with Crippen LogP contribution in [0.2, 0.25) is 5.02 Å². The molecule has 2 heterocycles. The largest absolute Gasteiger partial charge is 0.497 e. The maximum atomic E-state index is 11.8. The Bertz CT molecular complexity index is 1070. The molecule has 4 rings (SSSR count). The summed E-state index contributed by atoms with van der Waals surface area (Å²) < 4.78 is 5.19. The average Bonchev–Trinajstić information content (AvgIpc) is 2.74. The number of halogens is 1. The Morgan fingerprint density at radius 3 is 2.76 bits per heavy atom. The van der Waals surface area contributed by atoms with Gasteiger partial charge < -0.3 is 20.1 Å². The zero-order valence-electron chi connectivity index (χ0n) is 15.8. The summed E-state index contributed by atoms with van der Waals surface area (Å²) >= 11 is 8.19. The summed E-state index contributed by atoms with van der Waals surface area (Å²) in [4.78, 5) is 18.7. The van der Waals surface area contributed by atoms with Gasteiger partial charge in [0.2, 0.25) is 0 Å². The maximum Gasteiger partial charge on any atom is 0.337 e. The van der Waals surface area contributed by atoms with E-state index in [1.807, 2.05) is 30.1 Å². The fraction of sp³-hybridized carbons (Fsp3) is 0.238. The lowest BCUT2D eigenvalue weighted by atomic mass is 10.1. The summed E-state index contributed by atoms with van der Waals surface area (Å²) in [6.45, 7) is 1.81. The van der Waals surface area contributed by atoms with E-state index in [4.69, 9.17) is 16.3 Å². The highest BCUT2D eigenvalue weighted by Gasteiger charge is 2.20. The maximum absolute atomic E-state index is 11.8. The van der Waals surface area contributed by atoms with E-state index >= 15 is 0 Å². The van der Waals surface area contributed by atoms with Crippen LogP contribution in [0, 0.1) is 0 Å². The van der Waals surface area contributed by atoms with Gasteiger partial charge in [0.1, 0.15) is 5.75 Å². The first-order chi connectivity index (χ1) is 14.1. The molecule has 0 aliphatic carbocycles. The summed E-state index contributed by atoms with van der Waals surface area (Å²) in [6.07, 6.45) is 1.85. The number of nitrogens with zero attached hydrogens (tertiary/aromatic N) is 2. The van der Waals surface area contributed by atoms with Gasteiger partial charge in [0, 0.05) is 35.0 Å². The molecule has 0 radical (unpaired) electrons. The summed E-state index contributed by atoms with van der Waals surface area (Å²) in [5.74, 6) is 1.54. The molecule has 0 bridgehead atoms. The Balaban J connectivity index is 1.87. The van der Waals surface area contributed by atoms with Crippen LogP contribution in [0.3, 0.4) is 0 Å². The van der Waals surface area contributed by atoms with Crippen molar-refractivity contribution in [3.8, 4) is 5.75 Å². The summed E-state index contributed by atoms with van der Waals surface area (Å²) in [6, 6.07) is 10.5. The molecule has 1 fully saturated rings. The van der Waals surface area contributed by atoms with Gasteiger partial charge in [-0.2, -0.15) is 11.8 Å². The average molecular weight is 430 g/mol. The minimum Gasteiger partial charge on any atom is -0.497 e. The van der Waals surface area contributed by atoms with E-state index in [0.29, 0.717) is 16.5 Å². The number of methoxy groups -OCH3 is 1. The number of rotatable bonds is 5. The van der Waals surface area contributed by atoms with Crippen LogP contribution in [0.25, 0.3) is 10.9 Å². The second kappa shape index (κ2) is 8.39. The number of pyridine rings is 1. The molecule has 2 aromatic carbocycles. The van der Waals surface area contributed by atoms with Crippen molar-refractivity contribution in [1.82, 2.24) is 4.98 Å². The third-order valence-electron chi connectivity index (χ3n) is 4.88. The number of nitrogens with one attached hydrogen (secondary N) is 1. The fourth-order valence-corrected chi connectivity index (χ4v) is 4.48. The predicted molar refractivity (Wildman–Crippen MR) is 120 cm³/mol. The van der Waals surface area contributed by atoms with Gasteiger partial charge >= 0.3 is 5.97 Å². The van der Waals surface area contributed by atoms with E-state index in [9.17, 15) is 9.90 Å². The number of hydrogen-bond donors (Lipinski definition) is 2. The predicted octanol–water partition coefficient (Wildman–Crippen LogP) is 4.89. The molecule has 0 atom stereocenters. The topological polar surface area (TPSA) is 74.7 Å². The van der Waals surface area contributed by atoms with Gasteiger partial charge in [0.25, 0.3) is 0 Å². The van der Waals surface area contributed by atoms with E-state index in [1.54, 1.807) is 18.2 Å². The molecule has 3 aromatic rings. The van der Waals surface area contributed by atoms with Crippen LogP contribution in [0.5, 0.6) is 5.75 Å². The molecule has 6 nitrogen and oxygen atoms in total. The monoisotopic (exact) mass is 429 g/mol. The summed E-state index contributed by atoms with van der Waals surface area (Å²) in [5.41, 5.74) is 3.15. The van der Waals surface area contributed by atoms with E-state index in [1.165, 1.54) is 13.2 Å². The van der Waals surface area contributed by atoms with Crippen molar-refractivity contribution in [2.45, 2.75) is 0 Å². The number of carboxylic acid groups (broad SMARTS) is 1. The van der Waals surface area contributed by atoms with Crippen LogP contribution in [-0.4, -0.2) is 47.8 Å². The van der Waals surface area contributed by atoms with Crippen molar-refractivity contribution in [3.63, 3.8) is 0 Å². The molecule has 150 valence electrons. The van der Waals surface area contributed by atoms with Crippen LogP contribution in [0.4, 0.5) is 17.1 Å². The van der Waals surface area contributed by atoms with Crippen molar-refractivity contribution < 1.29 is 14.6 Å². The lowest BCUT2D eigenvalue weighted by Crippen LogP contribution is -2.33. The van der Waals surface area contributed by atoms with Gasteiger partial charge in [-0.05, 0) is 36.4 Å². The van der Waals surface area contributed by atoms with Gasteiger partial charge in [-0.3, -0.25) is 4.98 Å². The number of aromatic carboxylic acids is 1. The van der Waals surface area contributed by atoms with Crippen molar-refractivity contribution in [2.75, 3.05) is 41.9 Å². The molecule has 0 unspecified atom stereocenters. The van der Waals surface area contributed by atoms with Gasteiger partial charge in [-0.15, -0.1) is 0 Å². The zero-order valence-corrected chi connectivity index (χ0v) is 17.4. The molecule has 0 spiro atoms. The number of ether oxygens (including phenoxy) is 1. The first kappa shape index (κ1) is 19.7. The molecule has 2 N–H and O–H groups in total. The van der Waals surface area contributed by atoms with Gasteiger partial charge in [-0.1, -0.05) is 11.6 Å². The molecule has 1 saturated heterocycles. The van der Waals surface area contributed by atoms with Gasteiger partial charge in [0.05, 0.1) is 41.4 Å². The Morgan fingerprint density at radius 2 is 2.03 bits per heavy atom. The molecule has 29 heavy (non-hydrogen) atoms. The number of carbonyl (C=O) groups is 1. The number of aromatic nitrogens is 1. The Morgan fingerprint density at radius 1 is 1.24 bits per heavy atom. The minimum atomic E-state index is -1.03. The molecule has 0 saturated carbocycles. The highest BCUT2D eigenvalue weighted by Crippen LogP contribution is 2.38. The number of carboxylic acids is 1. The minimum absolute atomic E-state index is 0.136. The third kappa shape index (κ3) is 4.06. The molecular weight excluding hydrogens is 410 g/mol. The highest BCUT2D eigenvalue weighted by molar-refractivity contribution is 7.99. The molecule has 1 aliphatic heterocycles. The molecule has 1 aliphatic rings. The SMILES string of the molecule is COc1ccc(Nc2c(N3CCSCC3)cnc3ccc(Cl)cc23)c(C(=O)O)c1. The van der Waals surface area contributed by atoms with Crippen LogP contribution < -0.4 is 15.0 Å². The molecule has 1 aromatic heterocycles. The van der Waals surface area contributed by atoms with E-state index in [-0.39, 0.29) is 5.56 Å². The second-order valence-electron chi connectivity index (χ2n) is 6.62. The number of fused-ring (bicyclic) bond motifs is 1. The lowest BCUT2D eigenvalue weighted by molar-refractivity contribution is 0.0697. The van der Waals surface area contributed by atoms with Crippen molar-refractivity contribution >= 4 is 57.3 Å². The Labute approximate surface area is 177 Å². The zero-order chi connectivity index (χ0) is 20.4. The number of thioether (sulfide) groups is 1. The molecular formula is C21H20ClN3O3S. The van der Waals surface area contributed by atoms with Gasteiger partial charge in [0.15, 0.2) is 0 Å². The van der Waals surface area contributed by atoms with Crippen LogP contribution in [0.1, 0.15) is 10.4 Å². The first-order valence-corrected chi connectivity index (χ1v) is 10.7. The third-order valence-corrected chi connectivity index (χ3v) is 6.06. The number of anilines is 3. The fourth-order valence-electron chi connectivity index (χ4n) is 3.40. The normalized spacial score (nSPS) is 14.1. The summed E-state index contributed by atoms with van der Waals surface area (Å²) in [5, 5.41) is 14.5. The summed E-state index contributed by atoms with van der Waals surface area (Å²) in [7, 11) is 1.51. The molecule has 0 amide bonds. The van der Waals surface area contributed by atoms with Crippen molar-refractivity contribution in [3.05, 3.63) is 53.2 Å². The smallest absolute Gasteiger partial charge is 0.337 e. The first-order valence-electron chi connectivity index (χ1n) is 9.16. The standard InChI is InChI=1S/C21H20ClN3O3S/c1-28-14-3-5-18(16(11-14)21(26)27)24-20-15-10-13(22)2-4-17(15)23-12-19(20)25-6-8-29-9-7-25/h2-5,10-12H,6-9H2,1H3,(H,23,24)(H,26,27). The Hall–Kier alpha value is -2.64.